The molecule has 65 nitrogen and oxygen atoms in total. The van der Waals surface area contributed by atoms with Gasteiger partial charge in [0.15, 0.2) is 24.8 Å². The van der Waals surface area contributed by atoms with Crippen molar-refractivity contribution >= 4 is 187 Å². The third kappa shape index (κ3) is 36.9. The van der Waals surface area contributed by atoms with Crippen molar-refractivity contribution < 1.29 is 273 Å². The van der Waals surface area contributed by atoms with Crippen LogP contribution < -0.4 is 10.6 Å². The minimum Gasteiger partial charge on any atom is -0.356 e. The molecular weight excluding hydrogens is 1990 g/mol. The molecule has 4 saturated heterocycles. The van der Waals surface area contributed by atoms with Crippen molar-refractivity contribution in [3.63, 3.8) is 0 Å². The van der Waals surface area contributed by atoms with Crippen LogP contribution in [0.1, 0.15) is 0 Å². The second-order valence-electron chi connectivity index (χ2n) is 22.0. The summed E-state index contributed by atoms with van der Waals surface area (Å²) in [6.45, 7) is -7.74. The number of carbonyl (C=O) groups excluding carboxylic acids is 1. The maximum Gasteiger partial charge on any atom is 0.397 e. The van der Waals surface area contributed by atoms with E-state index in [-0.39, 0.29) is 44.7 Å². The number of hydrogen-bond acceptors (Lipinski definition) is 51. The average molecular weight is 2050 g/mol. The van der Waals surface area contributed by atoms with Gasteiger partial charge in [0.2, 0.25) is 0 Å². The highest BCUT2D eigenvalue weighted by molar-refractivity contribution is 8.00. The smallest absolute Gasteiger partial charge is 0.356 e. The Labute approximate surface area is 671 Å². The summed E-state index contributed by atoms with van der Waals surface area (Å²) < 4.78 is 569. The molecule has 4 aliphatic rings. The van der Waals surface area contributed by atoms with E-state index in [1.54, 1.807) is 0 Å². The molecule has 0 aromatic heterocycles. The van der Waals surface area contributed by atoms with Crippen molar-refractivity contribution in [3.05, 3.63) is 48.5 Å². The van der Waals surface area contributed by atoms with Crippen molar-refractivity contribution in [3.8, 4) is 0 Å². The van der Waals surface area contributed by atoms with Gasteiger partial charge in [-0.15, -0.1) is 0 Å². The molecule has 0 saturated carbocycles. The third-order valence-electron chi connectivity index (χ3n) is 13.5. The average Bonchev–Trinajstić information content (AvgIpc) is 0.758. The fourth-order valence-corrected chi connectivity index (χ4v) is 18.5. The Hall–Kier alpha value is -3.65. The summed E-state index contributed by atoms with van der Waals surface area (Å²) in [5.74, 6) is 0. The molecule has 4 fully saturated rings. The Bertz CT molecular complexity index is 5260. The number of carbonyl (C=O) groups is 1. The van der Waals surface area contributed by atoms with E-state index < -0.39 is 299 Å². The van der Waals surface area contributed by atoms with Gasteiger partial charge in [-0.3, -0.25) is 63.7 Å². The van der Waals surface area contributed by atoms with E-state index in [2.05, 4.69) is 69.2 Å². The SMILES string of the molecule is O=C(Nc1ccc(S[C@@H]2O[C@H](COS(=O)(=O)O)[C@@H](O[C@H]3O[C@H](COS(=O)(=O)O)[C@@H](OS(=O)(=O)O)[C@H](OS(=O)(=O)O)[C@H]3OS(=O)(=O)O)[C@H](OS(=O)(=O)O)[C@H]2OS(=O)(=O)O)cc1)Nc1ccc(S[C@@H]2O[C@H](COS(=O)(=O)O)[C@@H](O[C@H]3O[C@H](COS(=O)(=O)O)[C@@H](OS(=O)(=O)O)[C@H](OS(=O)(=O)O)[C@H]3OS(=O)(=O)O)[C@H](OS(=O)(=O)O)[C@H]2OS(=O)(=O)O)cc1. The Morgan fingerprint density at radius 3 is 0.678 bits per heavy atom. The van der Waals surface area contributed by atoms with Gasteiger partial charge in [-0.25, -0.2) is 63.4 Å². The van der Waals surface area contributed by atoms with Gasteiger partial charge in [-0.2, -0.15) is 118 Å². The first-order valence-electron chi connectivity index (χ1n) is 28.6. The lowest BCUT2D eigenvalue weighted by Gasteiger charge is -2.48. The molecule has 118 heavy (non-hydrogen) atoms. The second-order valence-corrected chi connectivity index (χ2v) is 39.2. The summed E-state index contributed by atoms with van der Waals surface area (Å²) >= 11 is 0.0979. The lowest BCUT2D eigenvalue weighted by atomic mass is 9.97. The first-order chi connectivity index (χ1) is 53.0. The number of benzene rings is 2. The zero-order chi connectivity index (χ0) is 89.9. The van der Waals surface area contributed by atoms with Gasteiger partial charge >= 0.3 is 152 Å². The van der Waals surface area contributed by atoms with E-state index >= 15 is 0 Å². The van der Waals surface area contributed by atoms with Gasteiger partial charge in [0, 0.05) is 21.2 Å². The lowest BCUT2D eigenvalue weighted by Crippen LogP contribution is -2.66. The van der Waals surface area contributed by atoms with Gasteiger partial charge in [0.25, 0.3) is 0 Å². The van der Waals surface area contributed by atoms with Crippen LogP contribution in [0.25, 0.3) is 0 Å². The third-order valence-corrected chi connectivity index (χ3v) is 22.2. The van der Waals surface area contributed by atoms with Crippen LogP contribution in [0.15, 0.2) is 58.3 Å². The number of hydrogen-bond donors (Lipinski definition) is 16. The Balaban J connectivity index is 1.33. The first-order valence-corrected chi connectivity index (χ1v) is 49.5. The molecule has 684 valence electrons. The molecule has 16 N–H and O–H groups in total. The summed E-state index contributed by atoms with van der Waals surface area (Å²) in [5.41, 5.74) is -5.60. The second kappa shape index (κ2) is 39.1. The topological polar surface area (TPSA) is 987 Å². The van der Waals surface area contributed by atoms with Crippen LogP contribution in [0.3, 0.4) is 0 Å². The molecule has 6 rings (SSSR count). The van der Waals surface area contributed by atoms with Crippen LogP contribution in [0, 0.1) is 0 Å². The summed E-state index contributed by atoms with van der Waals surface area (Å²) in [5, 5.41) is 4.45. The highest BCUT2D eigenvalue weighted by Gasteiger charge is 2.62. The van der Waals surface area contributed by atoms with E-state index in [1.807, 2.05) is 0 Å². The minimum absolute atomic E-state index is 0.0489. The number of rotatable bonds is 42. The molecule has 4 aliphatic heterocycles. The molecule has 20 atom stereocenters. The van der Waals surface area contributed by atoms with Crippen LogP contribution in [-0.4, -0.2) is 335 Å². The molecule has 4 heterocycles. The molecule has 0 radical (unpaired) electrons. The van der Waals surface area contributed by atoms with Gasteiger partial charge in [0.05, 0.1) is 26.4 Å². The summed E-state index contributed by atoms with van der Waals surface area (Å²) in [6.07, 6.45) is -57.2. The van der Waals surface area contributed by atoms with Crippen molar-refractivity contribution in [1.82, 2.24) is 0 Å². The molecule has 0 unspecified atom stereocenters. The van der Waals surface area contributed by atoms with Crippen molar-refractivity contribution in [2.45, 2.75) is 131 Å². The van der Waals surface area contributed by atoms with Crippen LogP contribution in [-0.2, 0) is 233 Å². The monoisotopic (exact) mass is 2040 g/mol. The molecule has 0 bridgehead atoms. The Morgan fingerprint density at radius 1 is 0.263 bits per heavy atom. The maximum absolute atomic E-state index is 13.4. The summed E-state index contributed by atoms with van der Waals surface area (Å²) in [6, 6.07) is 6.13. The largest absolute Gasteiger partial charge is 0.397 e. The van der Waals surface area contributed by atoms with Crippen LogP contribution >= 0.6 is 23.5 Å². The molecule has 2 aromatic rings. The van der Waals surface area contributed by atoms with E-state index in [4.69, 9.17) is 28.4 Å². The fourth-order valence-electron chi connectivity index (χ4n) is 9.99. The Kier molecular flexibility index (Phi) is 34.2. The normalized spacial score (nSPS) is 29.3. The van der Waals surface area contributed by atoms with Crippen LogP contribution in [0.4, 0.5) is 16.2 Å². The minimum atomic E-state index is -6.32. The molecule has 2 aromatic carbocycles. The number of thioether (sulfide) groups is 2. The number of urea groups is 1. The molecule has 0 aliphatic carbocycles. The van der Waals surface area contributed by atoms with Crippen LogP contribution in [0.2, 0.25) is 0 Å². The summed E-state index contributed by atoms with van der Waals surface area (Å²) in [7, 11) is -85.8. The molecule has 2 amide bonds. The maximum atomic E-state index is 13.4. The van der Waals surface area contributed by atoms with E-state index in [0.717, 1.165) is 48.5 Å². The zero-order valence-electron chi connectivity index (χ0n) is 55.3. The number of nitrogens with one attached hydrogen (secondary N) is 2. The predicted octanol–water partition coefficient (Wildman–Crippen LogP) is -7.66. The standard InChI is InChI=1S/C37H52N2O63S16/c40-37(38-13-1-5-15(6-2-13)103-35-31(101-117(77,78)79)25(95-111(59,60)61)21(17(89-35)9-83-105(41,42)43)91-33-29(99-115(71,72)73)27(97-113(65,66)67)23(93-109(53,54)55)19(87-33)11-85-107(47,48)49)39-14-3-7-16(8-4-14)104-36-32(102-118(80,81)82)26(96-112(62,63)64)22(18(90-36)10-84-106(44,45)46)92-34-30(100-116(74,75)76)28(98-114(68,69)70)24(94-110(56,57)58)20(88-34)12-86-108(50,51)52/h1-8,17-36H,9-12H2,(H2,38,39,40)(H,41,42,43)(H,44,45,46)(H,47,48,49)(H,50,51,52)(H,53,54,55)(H,56,57,58)(H,59,60,61)(H,62,63,64)(H,65,66,67)(H,68,69,70)(H,71,72,73)(H,74,75,76)(H,77,78,79)(H,80,81,82)/t17-,18-,19-,20-,21-,22-,23-,24-,25+,26+,27+,28+,29-,30-,31-,32-,33-,34-,35+,36+/m1/s1. The molecule has 0 spiro atoms. The van der Waals surface area contributed by atoms with Gasteiger partial charge in [-0.05, 0) is 48.5 Å². The number of amides is 2. The van der Waals surface area contributed by atoms with Gasteiger partial charge in [-0.1, -0.05) is 23.5 Å². The Morgan fingerprint density at radius 2 is 0.458 bits per heavy atom. The number of anilines is 2. The van der Waals surface area contributed by atoms with E-state index in [9.17, 15) is 186 Å². The fraction of sp³-hybridized carbons (Fsp3) is 0.649. The van der Waals surface area contributed by atoms with Gasteiger partial charge < -0.3 is 39.1 Å². The molecular formula is C37H52N2O63S16. The van der Waals surface area contributed by atoms with Crippen molar-refractivity contribution in [1.29, 1.82) is 0 Å². The summed E-state index contributed by atoms with van der Waals surface area (Å²) in [4.78, 5) is 12.7. The quantitative estimate of drug-likeness (QED) is 0.0275. The van der Waals surface area contributed by atoms with E-state index in [1.165, 1.54) is 0 Å². The lowest BCUT2D eigenvalue weighted by molar-refractivity contribution is -0.325. The zero-order valence-corrected chi connectivity index (χ0v) is 68.4. The number of ether oxygens (including phenoxy) is 6. The molecule has 81 heteroatoms. The van der Waals surface area contributed by atoms with Gasteiger partial charge in [0.1, 0.15) is 96.3 Å². The first kappa shape index (κ1) is 103. The van der Waals surface area contributed by atoms with Crippen LogP contribution in [0.5, 0.6) is 0 Å². The predicted molar refractivity (Wildman–Crippen MR) is 356 cm³/mol. The highest BCUT2D eigenvalue weighted by atomic mass is 32.3. The van der Waals surface area contributed by atoms with Crippen molar-refractivity contribution in [2.75, 3.05) is 37.1 Å². The van der Waals surface area contributed by atoms with Crippen molar-refractivity contribution in [2.24, 2.45) is 0 Å². The highest BCUT2D eigenvalue weighted by Crippen LogP contribution is 2.44. The van der Waals surface area contributed by atoms with E-state index in [0.29, 0.717) is 0 Å².